The van der Waals surface area contributed by atoms with Crippen LogP contribution in [0.1, 0.15) is 60.3 Å². The van der Waals surface area contributed by atoms with Gasteiger partial charge in [-0.2, -0.15) is 4.98 Å². The molecule has 1 aliphatic heterocycles. The predicted octanol–water partition coefficient (Wildman–Crippen LogP) is 4.89. The lowest BCUT2D eigenvalue weighted by molar-refractivity contribution is 0.0695. The van der Waals surface area contributed by atoms with E-state index < -0.39 is 0 Å². The molecular formula is C24H27N3O3. The number of benzene rings is 2. The Labute approximate surface area is 176 Å². The lowest BCUT2D eigenvalue weighted by Crippen LogP contribution is -2.39. The van der Waals surface area contributed by atoms with E-state index in [9.17, 15) is 4.79 Å². The van der Waals surface area contributed by atoms with Crippen molar-refractivity contribution >= 4 is 5.91 Å². The van der Waals surface area contributed by atoms with Crippen molar-refractivity contribution in [3.05, 3.63) is 65.5 Å². The van der Waals surface area contributed by atoms with E-state index in [-0.39, 0.29) is 11.8 Å². The molecule has 1 fully saturated rings. The molecule has 0 N–H and O–H groups in total. The zero-order chi connectivity index (χ0) is 21.1. The van der Waals surface area contributed by atoms with Crippen LogP contribution in [0, 0.1) is 0 Å². The fraction of sp³-hybridized carbons (Fsp3) is 0.375. The average molecular weight is 405 g/mol. The van der Waals surface area contributed by atoms with Gasteiger partial charge in [0.15, 0.2) is 0 Å². The number of piperidine rings is 1. The minimum absolute atomic E-state index is 0.0198. The van der Waals surface area contributed by atoms with Crippen LogP contribution in [0.2, 0.25) is 0 Å². The molecule has 1 unspecified atom stereocenters. The molecular weight excluding hydrogens is 378 g/mol. The highest BCUT2D eigenvalue weighted by molar-refractivity contribution is 5.94. The fourth-order valence-corrected chi connectivity index (χ4v) is 3.81. The number of nitrogens with zero attached hydrogens (tertiary/aromatic N) is 3. The summed E-state index contributed by atoms with van der Waals surface area (Å²) in [6.07, 6.45) is 1.84. The van der Waals surface area contributed by atoms with Crippen molar-refractivity contribution in [3.8, 4) is 17.1 Å². The Kier molecular flexibility index (Phi) is 5.84. The summed E-state index contributed by atoms with van der Waals surface area (Å²) in [5.41, 5.74) is 2.88. The Hall–Kier alpha value is -3.15. The number of methoxy groups -OCH3 is 1. The quantitative estimate of drug-likeness (QED) is 0.605. The molecule has 6 heteroatoms. The third-order valence-corrected chi connectivity index (χ3v) is 5.67. The molecule has 2 heterocycles. The minimum atomic E-state index is 0.0198. The van der Waals surface area contributed by atoms with Crippen LogP contribution >= 0.6 is 0 Å². The van der Waals surface area contributed by atoms with Crippen LogP contribution in [0.5, 0.6) is 5.75 Å². The van der Waals surface area contributed by atoms with Crippen molar-refractivity contribution in [2.24, 2.45) is 0 Å². The molecule has 156 valence electrons. The van der Waals surface area contributed by atoms with Gasteiger partial charge < -0.3 is 14.2 Å². The number of rotatable bonds is 5. The Morgan fingerprint density at radius 2 is 1.87 bits per heavy atom. The van der Waals surface area contributed by atoms with Gasteiger partial charge in [-0.1, -0.05) is 43.3 Å². The summed E-state index contributed by atoms with van der Waals surface area (Å²) < 4.78 is 10.8. The third kappa shape index (κ3) is 4.22. The van der Waals surface area contributed by atoms with E-state index in [0.717, 1.165) is 30.7 Å². The maximum Gasteiger partial charge on any atom is 0.253 e. The maximum atomic E-state index is 12.9. The highest BCUT2D eigenvalue weighted by Crippen LogP contribution is 2.29. The number of hydrogen-bond donors (Lipinski definition) is 0. The van der Waals surface area contributed by atoms with Gasteiger partial charge in [-0.3, -0.25) is 4.79 Å². The highest BCUT2D eigenvalue weighted by Gasteiger charge is 2.29. The molecule has 6 nitrogen and oxygen atoms in total. The molecule has 0 aliphatic carbocycles. The fourth-order valence-electron chi connectivity index (χ4n) is 3.81. The second-order valence-corrected chi connectivity index (χ2v) is 8.05. The number of aromatic nitrogens is 2. The summed E-state index contributed by atoms with van der Waals surface area (Å²) in [6.45, 7) is 5.66. The number of hydrogen-bond acceptors (Lipinski definition) is 5. The number of carbonyl (C=O) groups excluding carboxylic acids is 1. The van der Waals surface area contributed by atoms with Gasteiger partial charge in [-0.25, -0.2) is 0 Å². The molecule has 1 amide bonds. The summed E-state index contributed by atoms with van der Waals surface area (Å²) >= 11 is 0. The van der Waals surface area contributed by atoms with Gasteiger partial charge in [0.2, 0.25) is 11.7 Å². The van der Waals surface area contributed by atoms with E-state index in [2.05, 4.69) is 36.1 Å². The largest absolute Gasteiger partial charge is 0.497 e. The van der Waals surface area contributed by atoms with E-state index in [1.165, 1.54) is 5.56 Å². The second-order valence-electron chi connectivity index (χ2n) is 8.05. The van der Waals surface area contributed by atoms with Crippen LogP contribution < -0.4 is 4.74 Å². The lowest BCUT2D eigenvalue weighted by atomic mass is 9.97. The molecule has 30 heavy (non-hydrogen) atoms. The average Bonchev–Trinajstić information content (AvgIpc) is 3.29. The Balaban J connectivity index is 1.46. The van der Waals surface area contributed by atoms with Gasteiger partial charge in [0.05, 0.1) is 13.0 Å². The Morgan fingerprint density at radius 3 is 2.53 bits per heavy atom. The van der Waals surface area contributed by atoms with Gasteiger partial charge in [-0.05, 0) is 48.6 Å². The van der Waals surface area contributed by atoms with Crippen molar-refractivity contribution in [2.45, 2.75) is 38.5 Å². The van der Waals surface area contributed by atoms with Crippen molar-refractivity contribution in [1.82, 2.24) is 15.0 Å². The number of ether oxygens (including phenoxy) is 1. The van der Waals surface area contributed by atoms with Crippen molar-refractivity contribution in [2.75, 3.05) is 20.2 Å². The Bertz CT molecular complexity index is 993. The molecule has 1 atom stereocenters. The zero-order valence-electron chi connectivity index (χ0n) is 17.7. The van der Waals surface area contributed by atoms with E-state index in [1.54, 1.807) is 19.2 Å². The molecule has 0 radical (unpaired) electrons. The van der Waals surface area contributed by atoms with Crippen molar-refractivity contribution < 1.29 is 14.1 Å². The smallest absolute Gasteiger partial charge is 0.253 e. The van der Waals surface area contributed by atoms with Gasteiger partial charge in [0.25, 0.3) is 5.91 Å². The molecule has 0 spiro atoms. The SMILES string of the molecule is COc1ccc(C(=O)N2CCCC(c3nc(-c4ccc(C(C)C)cc4)no3)C2)cc1. The van der Waals surface area contributed by atoms with Crippen LogP contribution in [-0.2, 0) is 0 Å². The first-order chi connectivity index (χ1) is 14.5. The molecule has 1 aromatic heterocycles. The number of likely N-dealkylation sites (tertiary alicyclic amines) is 1. The third-order valence-electron chi connectivity index (χ3n) is 5.67. The molecule has 4 rings (SSSR count). The highest BCUT2D eigenvalue weighted by atomic mass is 16.5. The summed E-state index contributed by atoms with van der Waals surface area (Å²) in [5, 5.41) is 4.18. The first-order valence-corrected chi connectivity index (χ1v) is 10.4. The van der Waals surface area contributed by atoms with Crippen LogP contribution in [0.4, 0.5) is 0 Å². The first kappa shape index (κ1) is 20.1. The summed E-state index contributed by atoms with van der Waals surface area (Å²) in [4.78, 5) is 19.4. The molecule has 1 saturated heterocycles. The van der Waals surface area contributed by atoms with E-state index in [0.29, 0.717) is 29.7 Å². The monoisotopic (exact) mass is 405 g/mol. The van der Waals surface area contributed by atoms with Crippen molar-refractivity contribution in [1.29, 1.82) is 0 Å². The molecule has 0 saturated carbocycles. The molecule has 3 aromatic rings. The number of carbonyl (C=O) groups is 1. The molecule has 1 aliphatic rings. The minimum Gasteiger partial charge on any atom is -0.497 e. The lowest BCUT2D eigenvalue weighted by Gasteiger charge is -2.31. The predicted molar refractivity (Wildman–Crippen MR) is 115 cm³/mol. The van der Waals surface area contributed by atoms with Crippen molar-refractivity contribution in [3.63, 3.8) is 0 Å². The van der Waals surface area contributed by atoms with E-state index in [1.807, 2.05) is 29.2 Å². The topological polar surface area (TPSA) is 68.5 Å². The summed E-state index contributed by atoms with van der Waals surface area (Å²) in [6, 6.07) is 15.5. The maximum absolute atomic E-state index is 12.9. The Morgan fingerprint density at radius 1 is 1.13 bits per heavy atom. The second kappa shape index (κ2) is 8.69. The summed E-state index contributed by atoms with van der Waals surface area (Å²) in [5.74, 6) is 2.49. The summed E-state index contributed by atoms with van der Waals surface area (Å²) in [7, 11) is 1.61. The van der Waals surface area contributed by atoms with Gasteiger partial charge in [-0.15, -0.1) is 0 Å². The van der Waals surface area contributed by atoms with Gasteiger partial charge in [0, 0.05) is 24.2 Å². The first-order valence-electron chi connectivity index (χ1n) is 10.4. The van der Waals surface area contributed by atoms with Crippen LogP contribution in [0.25, 0.3) is 11.4 Å². The van der Waals surface area contributed by atoms with Crippen LogP contribution in [-0.4, -0.2) is 41.1 Å². The normalized spacial score (nSPS) is 16.7. The number of amides is 1. The molecule has 0 bridgehead atoms. The van der Waals surface area contributed by atoms with Gasteiger partial charge in [0.1, 0.15) is 5.75 Å². The van der Waals surface area contributed by atoms with E-state index in [4.69, 9.17) is 9.26 Å². The van der Waals surface area contributed by atoms with Gasteiger partial charge >= 0.3 is 0 Å². The van der Waals surface area contributed by atoms with Crippen LogP contribution in [0.3, 0.4) is 0 Å². The zero-order valence-corrected chi connectivity index (χ0v) is 17.7. The standard InChI is InChI=1S/C24H27N3O3/c1-16(2)17-6-8-18(9-7-17)22-25-23(30-26-22)20-5-4-14-27(15-20)24(28)19-10-12-21(29-3)13-11-19/h6-13,16,20H,4-5,14-15H2,1-3H3. The van der Waals surface area contributed by atoms with E-state index >= 15 is 0 Å². The molecule has 2 aromatic carbocycles. The van der Waals surface area contributed by atoms with Crippen LogP contribution in [0.15, 0.2) is 53.1 Å².